The van der Waals surface area contributed by atoms with Gasteiger partial charge in [-0.25, -0.2) is 0 Å². The average molecular weight is 475 g/mol. The average Bonchev–Trinajstić information content (AvgIpc) is 2.86. The molecule has 0 fully saturated rings. The molecule has 0 amide bonds. The quantitative estimate of drug-likeness (QED) is 0.285. The lowest BCUT2D eigenvalue weighted by Crippen LogP contribution is -2.42. The lowest BCUT2D eigenvalue weighted by atomic mass is 10.1. The van der Waals surface area contributed by atoms with Crippen molar-refractivity contribution in [2.45, 2.75) is 66.1 Å². The normalized spacial score (nSPS) is 13.2. The standard InChI is InChI=1S/C26H36O6.C2H6/c1-19(2)14-15-30-18-25(31-16-21-6-10-23(28-4)11-7-21)26(20(3)27)32-17-22-8-12-24(29-5)13-9-22;1-2/h6-14,20,25-27H,15-18H2,1-5H3;1-2H3/t20?,25?,26-;/m0./s1. The van der Waals surface area contributed by atoms with Gasteiger partial charge in [-0.2, -0.15) is 0 Å². The molecule has 2 unspecified atom stereocenters. The van der Waals surface area contributed by atoms with E-state index in [0.29, 0.717) is 26.4 Å². The summed E-state index contributed by atoms with van der Waals surface area (Å²) in [4.78, 5) is 0. The highest BCUT2D eigenvalue weighted by Crippen LogP contribution is 2.18. The first-order valence-electron chi connectivity index (χ1n) is 11.8. The molecule has 0 bridgehead atoms. The van der Waals surface area contributed by atoms with Gasteiger partial charge in [0.1, 0.15) is 23.7 Å². The molecule has 1 N–H and O–H groups in total. The Kier molecular flexibility index (Phi) is 14.9. The summed E-state index contributed by atoms with van der Waals surface area (Å²) >= 11 is 0. The van der Waals surface area contributed by atoms with Crippen molar-refractivity contribution in [2.75, 3.05) is 27.4 Å². The van der Waals surface area contributed by atoms with Gasteiger partial charge in [0.25, 0.3) is 0 Å². The van der Waals surface area contributed by atoms with Crippen LogP contribution in [0.15, 0.2) is 60.2 Å². The van der Waals surface area contributed by atoms with Gasteiger partial charge in [0, 0.05) is 0 Å². The van der Waals surface area contributed by atoms with E-state index in [0.717, 1.165) is 22.6 Å². The summed E-state index contributed by atoms with van der Waals surface area (Å²) in [5.41, 5.74) is 3.17. The van der Waals surface area contributed by atoms with Gasteiger partial charge in [0.2, 0.25) is 0 Å². The van der Waals surface area contributed by atoms with E-state index >= 15 is 0 Å². The van der Waals surface area contributed by atoms with E-state index in [1.165, 1.54) is 5.57 Å². The smallest absolute Gasteiger partial charge is 0.118 e. The molecule has 6 heteroatoms. The summed E-state index contributed by atoms with van der Waals surface area (Å²) in [6, 6.07) is 15.3. The Morgan fingerprint density at radius 2 is 1.29 bits per heavy atom. The van der Waals surface area contributed by atoms with E-state index in [1.54, 1.807) is 21.1 Å². The van der Waals surface area contributed by atoms with Crippen LogP contribution in [0.3, 0.4) is 0 Å². The van der Waals surface area contributed by atoms with Gasteiger partial charge in [-0.1, -0.05) is 49.8 Å². The number of benzene rings is 2. The van der Waals surface area contributed by atoms with Gasteiger partial charge in [0.15, 0.2) is 0 Å². The zero-order chi connectivity index (χ0) is 25.3. The molecule has 0 aliphatic rings. The van der Waals surface area contributed by atoms with Crippen LogP contribution in [-0.4, -0.2) is 50.9 Å². The zero-order valence-electron chi connectivity index (χ0n) is 21.7. The van der Waals surface area contributed by atoms with Gasteiger partial charge in [-0.05, 0) is 56.2 Å². The highest BCUT2D eigenvalue weighted by Gasteiger charge is 2.28. The third kappa shape index (κ3) is 11.2. The Bertz CT molecular complexity index is 795. The highest BCUT2D eigenvalue weighted by molar-refractivity contribution is 5.27. The first kappa shape index (κ1) is 29.7. The molecule has 190 valence electrons. The largest absolute Gasteiger partial charge is 0.497 e. The number of ether oxygens (including phenoxy) is 5. The maximum atomic E-state index is 10.4. The van der Waals surface area contributed by atoms with E-state index in [9.17, 15) is 5.11 Å². The molecular formula is C28H42O6. The minimum Gasteiger partial charge on any atom is -0.497 e. The van der Waals surface area contributed by atoms with Crippen molar-refractivity contribution in [3.8, 4) is 11.5 Å². The molecule has 0 heterocycles. The molecule has 0 aliphatic carbocycles. The number of hydrogen-bond acceptors (Lipinski definition) is 6. The van der Waals surface area contributed by atoms with Crippen molar-refractivity contribution in [1.29, 1.82) is 0 Å². The van der Waals surface area contributed by atoms with Crippen LogP contribution in [0.25, 0.3) is 0 Å². The number of methoxy groups -OCH3 is 2. The van der Waals surface area contributed by atoms with E-state index < -0.39 is 18.3 Å². The van der Waals surface area contributed by atoms with Crippen LogP contribution in [0.1, 0.15) is 45.7 Å². The number of aliphatic hydroxyl groups is 1. The lowest BCUT2D eigenvalue weighted by Gasteiger charge is -2.29. The molecule has 3 atom stereocenters. The summed E-state index contributed by atoms with van der Waals surface area (Å²) < 4.78 is 28.5. The van der Waals surface area contributed by atoms with Crippen molar-refractivity contribution in [3.63, 3.8) is 0 Å². The number of hydrogen-bond donors (Lipinski definition) is 1. The van der Waals surface area contributed by atoms with E-state index in [2.05, 4.69) is 0 Å². The van der Waals surface area contributed by atoms with Gasteiger partial charge in [-0.15, -0.1) is 0 Å². The molecule has 0 spiro atoms. The molecule has 2 aromatic carbocycles. The molecular weight excluding hydrogens is 432 g/mol. The number of allylic oxidation sites excluding steroid dienone is 1. The van der Waals surface area contributed by atoms with Crippen LogP contribution >= 0.6 is 0 Å². The Hall–Kier alpha value is -2.38. The first-order valence-corrected chi connectivity index (χ1v) is 11.8. The summed E-state index contributed by atoms with van der Waals surface area (Å²) in [6.45, 7) is 11.3. The third-order valence-corrected chi connectivity index (χ3v) is 4.96. The van der Waals surface area contributed by atoms with Crippen molar-refractivity contribution in [2.24, 2.45) is 0 Å². The van der Waals surface area contributed by atoms with E-state index in [4.69, 9.17) is 23.7 Å². The Balaban J connectivity index is 0.00000281. The summed E-state index contributed by atoms with van der Waals surface area (Å²) in [5.74, 6) is 1.58. The fourth-order valence-electron chi connectivity index (χ4n) is 3.04. The van der Waals surface area contributed by atoms with Crippen LogP contribution < -0.4 is 9.47 Å². The number of aliphatic hydroxyl groups excluding tert-OH is 1. The maximum absolute atomic E-state index is 10.4. The van der Waals surface area contributed by atoms with Gasteiger partial charge in [0.05, 0.1) is 46.8 Å². The molecule has 0 saturated carbocycles. The third-order valence-electron chi connectivity index (χ3n) is 4.96. The van der Waals surface area contributed by atoms with Crippen LogP contribution in [0.2, 0.25) is 0 Å². The predicted octanol–water partition coefficient (Wildman–Crippen LogP) is 5.56. The lowest BCUT2D eigenvalue weighted by molar-refractivity contribution is -0.146. The zero-order valence-corrected chi connectivity index (χ0v) is 21.7. The van der Waals surface area contributed by atoms with E-state index in [-0.39, 0.29) is 0 Å². The Labute approximate surface area is 205 Å². The van der Waals surface area contributed by atoms with Crippen LogP contribution in [0.4, 0.5) is 0 Å². The second kappa shape index (κ2) is 17.1. The Morgan fingerprint density at radius 3 is 1.71 bits per heavy atom. The molecule has 6 nitrogen and oxygen atoms in total. The summed E-state index contributed by atoms with van der Waals surface area (Å²) in [7, 11) is 3.27. The van der Waals surface area contributed by atoms with E-state index in [1.807, 2.05) is 82.3 Å². The molecule has 34 heavy (non-hydrogen) atoms. The minimum atomic E-state index is -0.735. The van der Waals surface area contributed by atoms with Crippen molar-refractivity contribution in [1.82, 2.24) is 0 Å². The molecule has 0 radical (unpaired) electrons. The minimum absolute atomic E-state index is 0.304. The van der Waals surface area contributed by atoms with Gasteiger partial charge in [-0.3, -0.25) is 0 Å². The van der Waals surface area contributed by atoms with Crippen molar-refractivity contribution < 1.29 is 28.8 Å². The Morgan fingerprint density at radius 1 is 0.824 bits per heavy atom. The molecule has 2 aromatic rings. The fraction of sp³-hybridized carbons (Fsp3) is 0.500. The molecule has 0 saturated heterocycles. The predicted molar refractivity (Wildman–Crippen MR) is 136 cm³/mol. The second-order valence-electron chi connectivity index (χ2n) is 7.88. The van der Waals surface area contributed by atoms with Gasteiger partial charge >= 0.3 is 0 Å². The fourth-order valence-corrected chi connectivity index (χ4v) is 3.04. The maximum Gasteiger partial charge on any atom is 0.118 e. The summed E-state index contributed by atoms with van der Waals surface area (Å²) in [6.07, 6.45) is 0.278. The van der Waals surface area contributed by atoms with Crippen LogP contribution in [-0.2, 0) is 27.4 Å². The summed E-state index contributed by atoms with van der Waals surface area (Å²) in [5, 5.41) is 10.4. The molecule has 2 rings (SSSR count). The molecule has 0 aromatic heterocycles. The van der Waals surface area contributed by atoms with Gasteiger partial charge < -0.3 is 28.8 Å². The monoisotopic (exact) mass is 474 g/mol. The van der Waals surface area contributed by atoms with Crippen LogP contribution in [0, 0.1) is 0 Å². The SMILES string of the molecule is CC.COc1ccc(COC(COCC=C(C)C)[C@@H](OCc2ccc(OC)cc2)C(C)O)cc1. The van der Waals surface area contributed by atoms with Crippen molar-refractivity contribution in [3.05, 3.63) is 71.3 Å². The van der Waals surface area contributed by atoms with Crippen LogP contribution in [0.5, 0.6) is 11.5 Å². The van der Waals surface area contributed by atoms with Crippen molar-refractivity contribution >= 4 is 0 Å². The topological polar surface area (TPSA) is 66.4 Å². The highest BCUT2D eigenvalue weighted by atomic mass is 16.6. The molecule has 0 aliphatic heterocycles. The first-order chi connectivity index (χ1) is 16.4. The second-order valence-corrected chi connectivity index (χ2v) is 7.88. The number of rotatable bonds is 14.